The molecule has 0 aliphatic carbocycles. The Morgan fingerprint density at radius 1 is 1.10 bits per heavy atom. The van der Waals surface area contributed by atoms with E-state index in [1.54, 1.807) is 31.4 Å². The lowest BCUT2D eigenvalue weighted by atomic mass is 9.94. The van der Waals surface area contributed by atoms with Crippen LogP contribution in [0.2, 0.25) is 0 Å². The number of benzene rings is 2. The first-order valence-corrected chi connectivity index (χ1v) is 10.1. The number of nitrogens with zero attached hydrogens (tertiary/aromatic N) is 1. The molecule has 1 aliphatic rings. The summed E-state index contributed by atoms with van der Waals surface area (Å²) in [6.45, 7) is 4.95. The first-order valence-electron chi connectivity index (χ1n) is 10.1. The highest BCUT2D eigenvalue weighted by Crippen LogP contribution is 2.39. The van der Waals surface area contributed by atoms with E-state index in [0.717, 1.165) is 17.5 Å². The van der Waals surface area contributed by atoms with Crippen LogP contribution >= 0.6 is 0 Å². The third kappa shape index (κ3) is 4.24. The Kier molecular flexibility index (Phi) is 6.90. The van der Waals surface area contributed by atoms with Gasteiger partial charge in [-0.15, -0.1) is 0 Å². The Bertz CT molecular complexity index is 948. The number of amides is 1. The maximum atomic E-state index is 12.9. The fourth-order valence-electron chi connectivity index (χ4n) is 3.64. The highest BCUT2D eigenvalue weighted by molar-refractivity contribution is 6.46. The van der Waals surface area contributed by atoms with Gasteiger partial charge < -0.3 is 19.5 Å². The molecule has 1 atom stereocenters. The molecule has 158 valence electrons. The van der Waals surface area contributed by atoms with E-state index in [4.69, 9.17) is 9.47 Å². The number of ether oxygens (including phenoxy) is 2. The van der Waals surface area contributed by atoms with Crippen molar-refractivity contribution in [1.82, 2.24) is 4.90 Å². The number of ketones is 1. The average molecular weight is 409 g/mol. The number of aryl methyl sites for hydroxylation is 1. The van der Waals surface area contributed by atoms with Crippen molar-refractivity contribution in [2.45, 2.75) is 26.3 Å². The Hall–Kier alpha value is -3.12. The van der Waals surface area contributed by atoms with E-state index in [9.17, 15) is 14.7 Å². The molecule has 0 saturated carbocycles. The summed E-state index contributed by atoms with van der Waals surface area (Å²) in [5.74, 6) is -0.965. The van der Waals surface area contributed by atoms with Crippen LogP contribution < -0.4 is 4.74 Å². The van der Waals surface area contributed by atoms with Crippen molar-refractivity contribution in [3.05, 3.63) is 70.8 Å². The van der Waals surface area contributed by atoms with Crippen molar-refractivity contribution in [1.29, 1.82) is 0 Å². The molecule has 6 heteroatoms. The van der Waals surface area contributed by atoms with Crippen LogP contribution in [0.25, 0.3) is 5.76 Å². The van der Waals surface area contributed by atoms with E-state index in [-0.39, 0.29) is 24.5 Å². The van der Waals surface area contributed by atoms with Gasteiger partial charge in [0.2, 0.25) is 0 Å². The smallest absolute Gasteiger partial charge is 0.295 e. The minimum absolute atomic E-state index is 0.0778. The van der Waals surface area contributed by atoms with Gasteiger partial charge in [0.05, 0.1) is 24.8 Å². The second kappa shape index (κ2) is 9.59. The molecular formula is C24H27NO5. The molecule has 6 nitrogen and oxygen atoms in total. The number of carbonyl (C=O) groups excluding carboxylic acids is 2. The van der Waals surface area contributed by atoms with E-state index in [0.29, 0.717) is 17.9 Å². The molecule has 0 radical (unpaired) electrons. The predicted molar refractivity (Wildman–Crippen MR) is 114 cm³/mol. The van der Waals surface area contributed by atoms with Gasteiger partial charge >= 0.3 is 0 Å². The topological polar surface area (TPSA) is 76.1 Å². The highest BCUT2D eigenvalue weighted by atomic mass is 16.5. The zero-order chi connectivity index (χ0) is 21.7. The molecule has 0 aromatic heterocycles. The SMILES string of the molecule is CCOc1cccc(/C(O)=C2/C(=O)C(=O)N(CCOC)C2c2ccc(CC)cc2)c1. The lowest BCUT2D eigenvalue weighted by molar-refractivity contribution is -0.140. The van der Waals surface area contributed by atoms with Crippen molar-refractivity contribution >= 4 is 17.4 Å². The molecular weight excluding hydrogens is 382 g/mol. The molecule has 0 bridgehead atoms. The number of aliphatic hydroxyl groups excluding tert-OH is 1. The van der Waals surface area contributed by atoms with E-state index in [1.807, 2.05) is 31.2 Å². The predicted octanol–water partition coefficient (Wildman–Crippen LogP) is 3.72. The van der Waals surface area contributed by atoms with Crippen molar-refractivity contribution in [3.8, 4) is 5.75 Å². The van der Waals surface area contributed by atoms with Gasteiger partial charge in [0, 0.05) is 19.2 Å². The van der Waals surface area contributed by atoms with Gasteiger partial charge in [-0.2, -0.15) is 0 Å². The second-order valence-corrected chi connectivity index (χ2v) is 7.04. The van der Waals surface area contributed by atoms with Crippen LogP contribution in [0.1, 0.15) is 36.6 Å². The van der Waals surface area contributed by atoms with Crippen LogP contribution in [0, 0.1) is 0 Å². The fraction of sp³-hybridized carbons (Fsp3) is 0.333. The molecule has 1 heterocycles. The first-order chi connectivity index (χ1) is 14.5. The maximum absolute atomic E-state index is 12.9. The summed E-state index contributed by atoms with van der Waals surface area (Å²) in [5, 5.41) is 11.1. The summed E-state index contributed by atoms with van der Waals surface area (Å²) in [6, 6.07) is 13.9. The summed E-state index contributed by atoms with van der Waals surface area (Å²) < 4.78 is 10.6. The Morgan fingerprint density at radius 2 is 1.83 bits per heavy atom. The standard InChI is InChI=1S/C24H27NO5/c1-4-16-9-11-17(12-10-16)21-20(23(27)24(28)25(21)13-14-29-3)22(26)18-7-6-8-19(15-18)30-5-2/h6-12,15,21,26H,4-5,13-14H2,1-3H3/b22-20-. The van der Waals surface area contributed by atoms with Gasteiger partial charge in [0.25, 0.3) is 11.7 Å². The maximum Gasteiger partial charge on any atom is 0.295 e. The molecule has 2 aromatic rings. The fourth-order valence-corrected chi connectivity index (χ4v) is 3.64. The van der Waals surface area contributed by atoms with E-state index >= 15 is 0 Å². The molecule has 2 aromatic carbocycles. The Balaban J connectivity index is 2.12. The van der Waals surface area contributed by atoms with E-state index in [1.165, 1.54) is 4.90 Å². The first kappa shape index (κ1) is 21.6. The van der Waals surface area contributed by atoms with Gasteiger partial charge in [0.15, 0.2) is 0 Å². The molecule has 1 unspecified atom stereocenters. The summed E-state index contributed by atoms with van der Waals surface area (Å²) in [5.41, 5.74) is 2.43. The molecule has 1 fully saturated rings. The van der Waals surface area contributed by atoms with Gasteiger partial charge in [0.1, 0.15) is 11.5 Å². The number of aliphatic hydroxyl groups is 1. The van der Waals surface area contributed by atoms with Crippen molar-refractivity contribution < 1.29 is 24.2 Å². The molecule has 1 amide bonds. The summed E-state index contributed by atoms with van der Waals surface area (Å²) in [4.78, 5) is 27.2. The average Bonchev–Trinajstić information content (AvgIpc) is 3.02. The normalized spacial score (nSPS) is 18.1. The van der Waals surface area contributed by atoms with Crippen molar-refractivity contribution in [2.24, 2.45) is 0 Å². The van der Waals surface area contributed by atoms with Crippen LogP contribution in [-0.2, 0) is 20.7 Å². The Labute approximate surface area is 176 Å². The van der Waals surface area contributed by atoms with Crippen molar-refractivity contribution in [2.75, 3.05) is 26.9 Å². The van der Waals surface area contributed by atoms with Gasteiger partial charge in [-0.05, 0) is 36.6 Å². The third-order valence-electron chi connectivity index (χ3n) is 5.20. The van der Waals surface area contributed by atoms with Crippen molar-refractivity contribution in [3.63, 3.8) is 0 Å². The lowest BCUT2D eigenvalue weighted by Crippen LogP contribution is -2.32. The number of carbonyl (C=O) groups is 2. The molecule has 3 rings (SSSR count). The minimum Gasteiger partial charge on any atom is -0.507 e. The molecule has 0 spiro atoms. The molecule has 1 saturated heterocycles. The number of hydrogen-bond acceptors (Lipinski definition) is 5. The van der Waals surface area contributed by atoms with Crippen LogP contribution in [-0.4, -0.2) is 48.6 Å². The largest absolute Gasteiger partial charge is 0.507 e. The lowest BCUT2D eigenvalue weighted by Gasteiger charge is -2.25. The zero-order valence-corrected chi connectivity index (χ0v) is 17.6. The highest BCUT2D eigenvalue weighted by Gasteiger charge is 2.45. The van der Waals surface area contributed by atoms with Crippen LogP contribution in [0.4, 0.5) is 0 Å². The van der Waals surface area contributed by atoms with E-state index < -0.39 is 17.7 Å². The van der Waals surface area contributed by atoms with Gasteiger partial charge in [-0.25, -0.2) is 0 Å². The quantitative estimate of drug-likeness (QED) is 0.409. The second-order valence-electron chi connectivity index (χ2n) is 7.04. The Morgan fingerprint density at radius 3 is 2.47 bits per heavy atom. The van der Waals surface area contributed by atoms with Gasteiger partial charge in [-0.3, -0.25) is 9.59 Å². The monoisotopic (exact) mass is 409 g/mol. The van der Waals surface area contributed by atoms with Gasteiger partial charge in [-0.1, -0.05) is 43.3 Å². The number of Topliss-reactive ketones (excluding diaryl/α,β-unsaturated/α-hetero) is 1. The molecule has 1 N–H and O–H groups in total. The van der Waals surface area contributed by atoms with Crippen LogP contribution in [0.5, 0.6) is 5.75 Å². The number of likely N-dealkylation sites (tertiary alicyclic amines) is 1. The number of rotatable bonds is 8. The number of hydrogen-bond donors (Lipinski definition) is 1. The molecule has 1 aliphatic heterocycles. The summed E-state index contributed by atoms with van der Waals surface area (Å²) in [7, 11) is 1.54. The molecule has 30 heavy (non-hydrogen) atoms. The summed E-state index contributed by atoms with van der Waals surface area (Å²) >= 11 is 0. The van der Waals surface area contributed by atoms with Crippen LogP contribution in [0.15, 0.2) is 54.1 Å². The van der Waals surface area contributed by atoms with Crippen LogP contribution in [0.3, 0.4) is 0 Å². The van der Waals surface area contributed by atoms with E-state index in [2.05, 4.69) is 6.92 Å². The number of methoxy groups -OCH3 is 1. The zero-order valence-electron chi connectivity index (χ0n) is 17.6. The third-order valence-corrected chi connectivity index (χ3v) is 5.20. The summed E-state index contributed by atoms with van der Waals surface area (Å²) in [6.07, 6.45) is 0.883. The minimum atomic E-state index is -0.699.